The zero-order valence-corrected chi connectivity index (χ0v) is 9.54. The lowest BCUT2D eigenvalue weighted by Crippen LogP contribution is -2.25. The van der Waals surface area contributed by atoms with Crippen LogP contribution < -0.4 is 0 Å². The molecule has 2 heterocycles. The second-order valence-electron chi connectivity index (χ2n) is 5.12. The number of aryl methyl sites for hydroxylation is 2. The fourth-order valence-corrected chi connectivity index (χ4v) is 2.65. The van der Waals surface area contributed by atoms with Crippen molar-refractivity contribution in [3.8, 4) is 0 Å². The van der Waals surface area contributed by atoms with Crippen molar-refractivity contribution in [1.29, 1.82) is 0 Å². The van der Waals surface area contributed by atoms with E-state index in [0.29, 0.717) is 5.41 Å². The van der Waals surface area contributed by atoms with Crippen LogP contribution in [-0.2, 0) is 12.0 Å². The monoisotopic (exact) mass is 200 g/mol. The Labute approximate surface area is 89.9 Å². The Balaban J connectivity index is 2.47. The summed E-state index contributed by atoms with van der Waals surface area (Å²) in [4.78, 5) is 4.61. The first-order valence-electron chi connectivity index (χ1n) is 5.56. The zero-order valence-electron chi connectivity index (χ0n) is 9.54. The van der Waals surface area contributed by atoms with E-state index in [0.717, 1.165) is 17.9 Å². The Morgan fingerprint density at radius 1 is 1.33 bits per heavy atom. The van der Waals surface area contributed by atoms with Crippen LogP contribution in [0, 0.1) is 6.92 Å². The van der Waals surface area contributed by atoms with E-state index in [9.17, 15) is 0 Å². The summed E-state index contributed by atoms with van der Waals surface area (Å²) in [6, 6.07) is 6.49. The van der Waals surface area contributed by atoms with Crippen molar-refractivity contribution in [3.63, 3.8) is 0 Å². The van der Waals surface area contributed by atoms with Crippen LogP contribution in [0.2, 0.25) is 0 Å². The molecule has 78 valence electrons. The van der Waals surface area contributed by atoms with Gasteiger partial charge in [0.15, 0.2) is 0 Å². The minimum atomic E-state index is 0.294. The summed E-state index contributed by atoms with van der Waals surface area (Å²) in [5, 5.41) is 0. The lowest BCUT2D eigenvalue weighted by Gasteiger charge is -2.31. The van der Waals surface area contributed by atoms with Crippen LogP contribution in [0.1, 0.15) is 31.7 Å². The predicted octanol–water partition coefficient (Wildman–Crippen LogP) is 3.03. The molecule has 1 aromatic carbocycles. The topological polar surface area (TPSA) is 17.8 Å². The highest BCUT2D eigenvalue weighted by molar-refractivity contribution is 5.81. The highest BCUT2D eigenvalue weighted by Crippen LogP contribution is 2.37. The predicted molar refractivity (Wildman–Crippen MR) is 62.1 cm³/mol. The number of benzene rings is 1. The van der Waals surface area contributed by atoms with Gasteiger partial charge in [0.25, 0.3) is 0 Å². The summed E-state index contributed by atoms with van der Waals surface area (Å²) in [5.41, 5.74) is 4.25. The van der Waals surface area contributed by atoms with Gasteiger partial charge in [0.1, 0.15) is 5.82 Å². The van der Waals surface area contributed by atoms with Crippen LogP contribution >= 0.6 is 0 Å². The molecule has 1 aromatic heterocycles. The van der Waals surface area contributed by atoms with E-state index >= 15 is 0 Å². The van der Waals surface area contributed by atoms with E-state index in [2.05, 4.69) is 48.5 Å². The largest absolute Gasteiger partial charge is 0.328 e. The van der Waals surface area contributed by atoms with Crippen LogP contribution in [0.5, 0.6) is 0 Å². The molecule has 1 aliphatic rings. The molecule has 0 atom stereocenters. The molecule has 0 amide bonds. The number of nitrogens with zero attached hydrogens (tertiary/aromatic N) is 2. The van der Waals surface area contributed by atoms with E-state index in [1.165, 1.54) is 17.5 Å². The first-order valence-corrected chi connectivity index (χ1v) is 5.56. The number of hydrogen-bond acceptors (Lipinski definition) is 1. The third-order valence-corrected chi connectivity index (χ3v) is 3.65. The normalized spacial score (nSPS) is 18.3. The molecule has 0 unspecified atom stereocenters. The average molecular weight is 200 g/mol. The number of aromatic nitrogens is 2. The SMILES string of the molecule is Cc1nc2cccc3c2n1CCC3(C)C. The molecule has 0 aliphatic carbocycles. The maximum absolute atomic E-state index is 4.61. The van der Waals surface area contributed by atoms with Gasteiger partial charge in [-0.25, -0.2) is 4.98 Å². The fraction of sp³-hybridized carbons (Fsp3) is 0.462. The van der Waals surface area contributed by atoms with Crippen LogP contribution in [0.15, 0.2) is 18.2 Å². The van der Waals surface area contributed by atoms with Gasteiger partial charge in [0.2, 0.25) is 0 Å². The van der Waals surface area contributed by atoms with Gasteiger partial charge in [0, 0.05) is 6.54 Å². The molecule has 1 aliphatic heterocycles. The molecule has 3 rings (SSSR count). The summed E-state index contributed by atoms with van der Waals surface area (Å²) >= 11 is 0. The molecule has 0 fully saturated rings. The number of imidazole rings is 1. The third kappa shape index (κ3) is 1.08. The Morgan fingerprint density at radius 3 is 2.93 bits per heavy atom. The quantitative estimate of drug-likeness (QED) is 0.639. The Hall–Kier alpha value is -1.31. The first-order chi connectivity index (χ1) is 7.09. The smallest absolute Gasteiger partial charge is 0.106 e. The van der Waals surface area contributed by atoms with E-state index < -0.39 is 0 Å². The third-order valence-electron chi connectivity index (χ3n) is 3.65. The summed E-state index contributed by atoms with van der Waals surface area (Å²) in [6.07, 6.45) is 1.20. The van der Waals surface area contributed by atoms with Crippen LogP contribution in [0.3, 0.4) is 0 Å². The Morgan fingerprint density at radius 2 is 2.13 bits per heavy atom. The second-order valence-corrected chi connectivity index (χ2v) is 5.12. The molecule has 2 heteroatoms. The molecule has 2 nitrogen and oxygen atoms in total. The highest BCUT2D eigenvalue weighted by atomic mass is 15.1. The maximum Gasteiger partial charge on any atom is 0.106 e. The lowest BCUT2D eigenvalue weighted by atomic mass is 9.79. The summed E-state index contributed by atoms with van der Waals surface area (Å²) in [7, 11) is 0. The fourth-order valence-electron chi connectivity index (χ4n) is 2.65. The number of para-hydroxylation sites is 1. The van der Waals surface area contributed by atoms with Gasteiger partial charge in [-0.15, -0.1) is 0 Å². The molecular formula is C13H16N2. The van der Waals surface area contributed by atoms with E-state index in [-0.39, 0.29) is 0 Å². The van der Waals surface area contributed by atoms with Crippen molar-refractivity contribution in [3.05, 3.63) is 29.6 Å². The van der Waals surface area contributed by atoms with Crippen LogP contribution in [0.25, 0.3) is 11.0 Å². The molecule has 0 radical (unpaired) electrons. The van der Waals surface area contributed by atoms with E-state index in [4.69, 9.17) is 0 Å². The molecule has 15 heavy (non-hydrogen) atoms. The van der Waals surface area contributed by atoms with Gasteiger partial charge in [-0.2, -0.15) is 0 Å². The second kappa shape index (κ2) is 2.63. The van der Waals surface area contributed by atoms with Gasteiger partial charge in [0.05, 0.1) is 11.0 Å². The minimum Gasteiger partial charge on any atom is -0.328 e. The van der Waals surface area contributed by atoms with Crippen molar-refractivity contribution >= 4 is 11.0 Å². The highest BCUT2D eigenvalue weighted by Gasteiger charge is 2.29. The zero-order chi connectivity index (χ0) is 10.6. The van der Waals surface area contributed by atoms with Crippen molar-refractivity contribution in [1.82, 2.24) is 9.55 Å². The van der Waals surface area contributed by atoms with Gasteiger partial charge in [-0.05, 0) is 30.4 Å². The Bertz CT molecular complexity index is 535. The van der Waals surface area contributed by atoms with Crippen molar-refractivity contribution in [2.45, 2.75) is 39.2 Å². The summed E-state index contributed by atoms with van der Waals surface area (Å²) in [6.45, 7) is 7.86. The van der Waals surface area contributed by atoms with Crippen molar-refractivity contribution in [2.75, 3.05) is 0 Å². The van der Waals surface area contributed by atoms with E-state index in [1.54, 1.807) is 0 Å². The Kier molecular flexibility index (Phi) is 1.57. The standard InChI is InChI=1S/C13H16N2/c1-9-14-11-6-4-5-10-12(11)15(9)8-7-13(10,2)3/h4-6H,7-8H2,1-3H3. The first kappa shape index (κ1) is 8.96. The molecule has 0 saturated carbocycles. The van der Waals surface area contributed by atoms with Gasteiger partial charge < -0.3 is 4.57 Å². The number of hydrogen-bond donors (Lipinski definition) is 0. The van der Waals surface area contributed by atoms with Gasteiger partial charge in [-0.3, -0.25) is 0 Å². The van der Waals surface area contributed by atoms with Gasteiger partial charge in [-0.1, -0.05) is 26.0 Å². The molecule has 0 saturated heterocycles. The van der Waals surface area contributed by atoms with Crippen molar-refractivity contribution in [2.24, 2.45) is 0 Å². The van der Waals surface area contributed by atoms with Crippen LogP contribution in [0.4, 0.5) is 0 Å². The lowest BCUT2D eigenvalue weighted by molar-refractivity contribution is 0.419. The van der Waals surface area contributed by atoms with E-state index in [1.807, 2.05) is 0 Å². The maximum atomic E-state index is 4.61. The molecular weight excluding hydrogens is 184 g/mol. The van der Waals surface area contributed by atoms with Crippen molar-refractivity contribution < 1.29 is 0 Å². The average Bonchev–Trinajstić information content (AvgIpc) is 2.50. The number of rotatable bonds is 0. The molecule has 0 N–H and O–H groups in total. The molecule has 2 aromatic rings. The van der Waals surface area contributed by atoms with Crippen LogP contribution in [-0.4, -0.2) is 9.55 Å². The molecule has 0 spiro atoms. The summed E-state index contributed by atoms with van der Waals surface area (Å²) < 4.78 is 2.36. The minimum absolute atomic E-state index is 0.294. The summed E-state index contributed by atoms with van der Waals surface area (Å²) in [5.74, 6) is 1.15. The molecule has 0 bridgehead atoms. The van der Waals surface area contributed by atoms with Gasteiger partial charge >= 0.3 is 0 Å².